The fourth-order valence-electron chi connectivity index (χ4n) is 2.04. The highest BCUT2D eigenvalue weighted by Gasteiger charge is 2.29. The van der Waals surface area contributed by atoms with E-state index in [0.717, 1.165) is 0 Å². The van der Waals surface area contributed by atoms with Gasteiger partial charge in [0.15, 0.2) is 0 Å². The Bertz CT molecular complexity index is 504. The van der Waals surface area contributed by atoms with Gasteiger partial charge in [0.25, 0.3) is 0 Å². The molecule has 1 aromatic carbocycles. The fourth-order valence-corrected chi connectivity index (χ4v) is 2.04. The van der Waals surface area contributed by atoms with Crippen LogP contribution in [-0.2, 0) is 9.59 Å². The maximum absolute atomic E-state index is 11.7. The molecule has 6 nitrogen and oxygen atoms in total. The van der Waals surface area contributed by atoms with Crippen molar-refractivity contribution in [3.05, 3.63) is 24.3 Å². The van der Waals surface area contributed by atoms with E-state index in [-0.39, 0.29) is 0 Å². The van der Waals surface area contributed by atoms with Crippen LogP contribution in [0.1, 0.15) is 6.42 Å². The lowest BCUT2D eigenvalue weighted by Crippen LogP contribution is -2.53. The van der Waals surface area contributed by atoms with Gasteiger partial charge in [0.2, 0.25) is 0 Å². The molecule has 20 heavy (non-hydrogen) atoms. The number of carbonyl (C=O) groups is 2. The molecule has 0 saturated carbocycles. The highest BCUT2D eigenvalue weighted by molar-refractivity contribution is 6.35. The van der Waals surface area contributed by atoms with Gasteiger partial charge in [-0.1, -0.05) is 6.07 Å². The second kappa shape index (κ2) is 6.27. The molecule has 0 spiro atoms. The molecule has 1 aliphatic heterocycles. The zero-order valence-corrected chi connectivity index (χ0v) is 11.5. The largest absolute Gasteiger partial charge is 0.493 e. The molecule has 2 N–H and O–H groups in total. The van der Waals surface area contributed by atoms with Gasteiger partial charge in [-0.2, -0.15) is 0 Å². The summed E-state index contributed by atoms with van der Waals surface area (Å²) in [6.07, 6.45) is 0.678. The van der Waals surface area contributed by atoms with Gasteiger partial charge in [-0.05, 0) is 18.6 Å². The SMILES string of the molecule is CN1CCN(CCCOc2cccc(N)c2)C(=O)C1=O. The summed E-state index contributed by atoms with van der Waals surface area (Å²) in [7, 11) is 1.64. The molecule has 1 saturated heterocycles. The molecular formula is C14H19N3O3. The Labute approximate surface area is 118 Å². The molecule has 108 valence electrons. The zero-order chi connectivity index (χ0) is 14.5. The highest BCUT2D eigenvalue weighted by atomic mass is 16.5. The molecule has 0 unspecified atom stereocenters. The van der Waals surface area contributed by atoms with Crippen molar-refractivity contribution >= 4 is 17.5 Å². The number of nitrogen functional groups attached to an aromatic ring is 1. The van der Waals surface area contributed by atoms with E-state index in [4.69, 9.17) is 10.5 Å². The molecule has 1 heterocycles. The zero-order valence-electron chi connectivity index (χ0n) is 11.5. The Hall–Kier alpha value is -2.24. The van der Waals surface area contributed by atoms with E-state index in [1.165, 1.54) is 4.90 Å². The first-order chi connectivity index (χ1) is 9.58. The van der Waals surface area contributed by atoms with Crippen LogP contribution in [0.25, 0.3) is 0 Å². The van der Waals surface area contributed by atoms with E-state index in [9.17, 15) is 9.59 Å². The lowest BCUT2D eigenvalue weighted by Gasteiger charge is -2.31. The van der Waals surface area contributed by atoms with Gasteiger partial charge < -0.3 is 20.3 Å². The molecule has 1 aromatic rings. The molecule has 0 aromatic heterocycles. The van der Waals surface area contributed by atoms with Crippen molar-refractivity contribution < 1.29 is 14.3 Å². The summed E-state index contributed by atoms with van der Waals surface area (Å²) >= 11 is 0. The van der Waals surface area contributed by atoms with Crippen LogP contribution < -0.4 is 10.5 Å². The van der Waals surface area contributed by atoms with E-state index in [0.29, 0.717) is 44.1 Å². The van der Waals surface area contributed by atoms with Crippen molar-refractivity contribution in [1.82, 2.24) is 9.80 Å². The van der Waals surface area contributed by atoms with Crippen LogP contribution in [0.5, 0.6) is 5.75 Å². The van der Waals surface area contributed by atoms with Crippen molar-refractivity contribution in [3.8, 4) is 5.75 Å². The lowest BCUT2D eigenvalue weighted by molar-refractivity contribution is -0.155. The van der Waals surface area contributed by atoms with E-state index in [2.05, 4.69) is 0 Å². The molecule has 6 heteroatoms. The third-order valence-electron chi connectivity index (χ3n) is 3.22. The summed E-state index contributed by atoms with van der Waals surface area (Å²) in [5.74, 6) is -0.151. The number of hydrogen-bond donors (Lipinski definition) is 1. The third-order valence-corrected chi connectivity index (χ3v) is 3.22. The molecule has 2 rings (SSSR count). The van der Waals surface area contributed by atoms with Crippen LogP contribution >= 0.6 is 0 Å². The van der Waals surface area contributed by atoms with Gasteiger partial charge >= 0.3 is 11.8 Å². The molecule has 0 radical (unpaired) electrons. The van der Waals surface area contributed by atoms with Crippen molar-refractivity contribution in [2.24, 2.45) is 0 Å². The topological polar surface area (TPSA) is 75.9 Å². The summed E-state index contributed by atoms with van der Waals surface area (Å²) in [5.41, 5.74) is 6.31. The minimum Gasteiger partial charge on any atom is -0.493 e. The van der Waals surface area contributed by atoms with Crippen molar-refractivity contribution in [1.29, 1.82) is 0 Å². The van der Waals surface area contributed by atoms with Crippen molar-refractivity contribution in [2.45, 2.75) is 6.42 Å². The first-order valence-corrected chi connectivity index (χ1v) is 6.60. The molecule has 1 aliphatic rings. The Kier molecular flexibility index (Phi) is 4.45. The first-order valence-electron chi connectivity index (χ1n) is 6.60. The fraction of sp³-hybridized carbons (Fsp3) is 0.429. The van der Waals surface area contributed by atoms with E-state index in [1.54, 1.807) is 24.1 Å². The number of anilines is 1. The van der Waals surface area contributed by atoms with Crippen LogP contribution in [0.4, 0.5) is 5.69 Å². The summed E-state index contributed by atoms with van der Waals surface area (Å²) < 4.78 is 5.55. The average molecular weight is 277 g/mol. The van der Waals surface area contributed by atoms with Gasteiger partial charge in [-0.3, -0.25) is 9.59 Å². The number of piperazine rings is 1. The Morgan fingerprint density at radius 1 is 1.25 bits per heavy atom. The van der Waals surface area contributed by atoms with Crippen LogP contribution in [0.3, 0.4) is 0 Å². The quantitative estimate of drug-likeness (QED) is 0.478. The number of likely N-dealkylation sites (N-methyl/N-ethyl adjacent to an activating group) is 1. The Morgan fingerprint density at radius 3 is 2.80 bits per heavy atom. The summed E-state index contributed by atoms with van der Waals surface area (Å²) in [4.78, 5) is 26.3. The standard InChI is InChI=1S/C14H19N3O3/c1-16-7-8-17(14(19)13(16)18)6-3-9-20-12-5-2-4-11(15)10-12/h2,4-5,10H,3,6-9,15H2,1H3. The second-order valence-electron chi connectivity index (χ2n) is 4.79. The molecule has 0 aliphatic carbocycles. The molecule has 1 fully saturated rings. The van der Waals surface area contributed by atoms with Crippen LogP contribution in [0.2, 0.25) is 0 Å². The minimum absolute atomic E-state index is 0.428. The number of hydrogen-bond acceptors (Lipinski definition) is 4. The van der Waals surface area contributed by atoms with Crippen LogP contribution in [0.15, 0.2) is 24.3 Å². The number of rotatable bonds is 5. The number of benzene rings is 1. The smallest absolute Gasteiger partial charge is 0.312 e. The van der Waals surface area contributed by atoms with Gasteiger partial charge in [0.05, 0.1) is 6.61 Å². The van der Waals surface area contributed by atoms with Crippen LogP contribution in [0, 0.1) is 0 Å². The van der Waals surface area contributed by atoms with E-state index < -0.39 is 11.8 Å². The second-order valence-corrected chi connectivity index (χ2v) is 4.79. The van der Waals surface area contributed by atoms with Gasteiger partial charge in [-0.15, -0.1) is 0 Å². The summed E-state index contributed by atoms with van der Waals surface area (Å²) in [6.45, 7) is 2.18. The molecular weight excluding hydrogens is 258 g/mol. The number of ether oxygens (including phenoxy) is 1. The molecule has 0 bridgehead atoms. The van der Waals surface area contributed by atoms with Crippen molar-refractivity contribution in [2.75, 3.05) is 39.0 Å². The predicted molar refractivity (Wildman–Crippen MR) is 75.2 cm³/mol. The maximum atomic E-state index is 11.7. The van der Waals surface area contributed by atoms with Gasteiger partial charge in [-0.25, -0.2) is 0 Å². The number of nitrogens with two attached hydrogens (primary N) is 1. The third kappa shape index (κ3) is 3.40. The summed E-state index contributed by atoms with van der Waals surface area (Å²) in [5, 5.41) is 0. The lowest BCUT2D eigenvalue weighted by atomic mass is 10.3. The maximum Gasteiger partial charge on any atom is 0.312 e. The molecule has 2 amide bonds. The number of amides is 2. The van der Waals surface area contributed by atoms with Crippen molar-refractivity contribution in [3.63, 3.8) is 0 Å². The van der Waals surface area contributed by atoms with Gasteiger partial charge in [0.1, 0.15) is 5.75 Å². The monoisotopic (exact) mass is 277 g/mol. The first kappa shape index (κ1) is 14.2. The van der Waals surface area contributed by atoms with E-state index >= 15 is 0 Å². The van der Waals surface area contributed by atoms with E-state index in [1.807, 2.05) is 12.1 Å². The Morgan fingerprint density at radius 2 is 2.05 bits per heavy atom. The average Bonchev–Trinajstić information content (AvgIpc) is 2.43. The summed E-state index contributed by atoms with van der Waals surface area (Å²) in [6, 6.07) is 7.21. The molecule has 0 atom stereocenters. The number of nitrogens with zero attached hydrogens (tertiary/aromatic N) is 2. The van der Waals surface area contributed by atoms with Crippen LogP contribution in [-0.4, -0.2) is 54.9 Å². The van der Waals surface area contributed by atoms with Gasteiger partial charge in [0, 0.05) is 38.4 Å². The normalized spacial score (nSPS) is 15.7. The predicted octanol–water partition coefficient (Wildman–Crippen LogP) is 0.338. The number of carbonyl (C=O) groups excluding carboxylic acids is 2. The Balaban J connectivity index is 1.74. The highest BCUT2D eigenvalue weighted by Crippen LogP contribution is 2.14. The minimum atomic E-state index is -0.437.